The van der Waals surface area contributed by atoms with Crippen LogP contribution in [0.1, 0.15) is 5.56 Å². The molecule has 13 heavy (non-hydrogen) atoms. The molecule has 0 bridgehead atoms. The van der Waals surface area contributed by atoms with E-state index in [0.717, 1.165) is 5.56 Å². The molecular formula is C9H9Cl2NO. The van der Waals surface area contributed by atoms with Crippen molar-refractivity contribution in [2.24, 2.45) is 5.73 Å². The molecule has 1 aromatic carbocycles. The highest BCUT2D eigenvalue weighted by atomic mass is 35.5. The Balaban J connectivity index is 2.36. The molecule has 1 aliphatic heterocycles. The van der Waals surface area contributed by atoms with Gasteiger partial charge in [-0.15, -0.1) is 0 Å². The van der Waals surface area contributed by atoms with Crippen molar-refractivity contribution in [3.63, 3.8) is 0 Å². The number of halogens is 2. The first-order valence-corrected chi connectivity index (χ1v) is 4.70. The molecule has 0 unspecified atom stereocenters. The monoisotopic (exact) mass is 217 g/mol. The molecule has 0 amide bonds. The van der Waals surface area contributed by atoms with Crippen LogP contribution in [0.25, 0.3) is 0 Å². The summed E-state index contributed by atoms with van der Waals surface area (Å²) in [5, 5.41) is 1.09. The van der Waals surface area contributed by atoms with Crippen molar-refractivity contribution in [2.45, 2.75) is 5.54 Å². The summed E-state index contributed by atoms with van der Waals surface area (Å²) >= 11 is 11.7. The smallest absolute Gasteiger partial charge is 0.0884 e. The quantitative estimate of drug-likeness (QED) is 0.783. The van der Waals surface area contributed by atoms with Gasteiger partial charge in [-0.05, 0) is 17.7 Å². The summed E-state index contributed by atoms with van der Waals surface area (Å²) in [6.45, 7) is 1.09. The lowest BCUT2D eigenvalue weighted by Gasteiger charge is -2.38. The molecule has 0 aromatic heterocycles. The van der Waals surface area contributed by atoms with Crippen LogP contribution in [0.15, 0.2) is 18.2 Å². The van der Waals surface area contributed by atoms with Gasteiger partial charge < -0.3 is 10.5 Å². The minimum absolute atomic E-state index is 0.367. The third-order valence-corrected chi connectivity index (χ3v) is 2.95. The zero-order chi connectivity index (χ0) is 9.47. The molecule has 1 heterocycles. The largest absolute Gasteiger partial charge is 0.377 e. The fourth-order valence-electron chi connectivity index (χ4n) is 1.29. The van der Waals surface area contributed by atoms with Crippen LogP contribution >= 0.6 is 23.2 Å². The van der Waals surface area contributed by atoms with Gasteiger partial charge in [0.25, 0.3) is 0 Å². The molecule has 2 nitrogen and oxygen atoms in total. The lowest BCUT2D eigenvalue weighted by molar-refractivity contribution is -0.0569. The van der Waals surface area contributed by atoms with Crippen LogP contribution in [0.3, 0.4) is 0 Å². The van der Waals surface area contributed by atoms with E-state index >= 15 is 0 Å². The molecule has 2 N–H and O–H groups in total. The Morgan fingerprint density at radius 1 is 1.23 bits per heavy atom. The molecule has 1 aliphatic rings. The fourth-order valence-corrected chi connectivity index (χ4v) is 1.59. The first kappa shape index (κ1) is 9.28. The van der Waals surface area contributed by atoms with Gasteiger partial charge in [0.15, 0.2) is 0 Å². The average molecular weight is 218 g/mol. The van der Waals surface area contributed by atoms with Gasteiger partial charge in [0.1, 0.15) is 0 Å². The van der Waals surface area contributed by atoms with Crippen LogP contribution in [0, 0.1) is 0 Å². The second-order valence-electron chi connectivity index (χ2n) is 3.28. The minimum atomic E-state index is -0.367. The molecule has 2 rings (SSSR count). The second kappa shape index (κ2) is 3.14. The van der Waals surface area contributed by atoms with E-state index in [4.69, 9.17) is 33.7 Å². The Bertz CT molecular complexity index is 336. The molecule has 4 heteroatoms. The van der Waals surface area contributed by atoms with Gasteiger partial charge in [-0.1, -0.05) is 29.3 Å². The topological polar surface area (TPSA) is 35.2 Å². The Kier molecular flexibility index (Phi) is 2.24. The van der Waals surface area contributed by atoms with Crippen LogP contribution < -0.4 is 5.73 Å². The van der Waals surface area contributed by atoms with Crippen LogP contribution in [0.5, 0.6) is 0 Å². The summed E-state index contributed by atoms with van der Waals surface area (Å²) in [7, 11) is 0. The van der Waals surface area contributed by atoms with Gasteiger partial charge in [0.05, 0.1) is 28.8 Å². The maximum absolute atomic E-state index is 6.02. The SMILES string of the molecule is NC1(c2ccc(Cl)c(Cl)c2)COC1. The van der Waals surface area contributed by atoms with Crippen LogP contribution in [0.2, 0.25) is 10.0 Å². The third-order valence-electron chi connectivity index (χ3n) is 2.21. The normalized spacial score (nSPS) is 19.6. The number of hydrogen-bond acceptors (Lipinski definition) is 2. The molecule has 1 saturated heterocycles. The van der Waals surface area contributed by atoms with Gasteiger partial charge in [-0.25, -0.2) is 0 Å². The first-order chi connectivity index (χ1) is 6.12. The highest BCUT2D eigenvalue weighted by Gasteiger charge is 2.36. The summed E-state index contributed by atoms with van der Waals surface area (Å²) in [6.07, 6.45) is 0. The Labute approximate surface area is 86.6 Å². The van der Waals surface area contributed by atoms with Crippen LogP contribution in [0.4, 0.5) is 0 Å². The van der Waals surface area contributed by atoms with Crippen molar-refractivity contribution in [1.29, 1.82) is 0 Å². The summed E-state index contributed by atoms with van der Waals surface area (Å²) in [6, 6.07) is 5.44. The highest BCUT2D eigenvalue weighted by Crippen LogP contribution is 2.31. The molecular weight excluding hydrogens is 209 g/mol. The lowest BCUT2D eigenvalue weighted by Crippen LogP contribution is -2.54. The Hall–Kier alpha value is -0.280. The molecule has 1 fully saturated rings. The summed E-state index contributed by atoms with van der Waals surface area (Å²) in [5.74, 6) is 0. The van der Waals surface area contributed by atoms with Crippen molar-refractivity contribution in [1.82, 2.24) is 0 Å². The molecule has 0 aliphatic carbocycles. The summed E-state index contributed by atoms with van der Waals surface area (Å²) in [4.78, 5) is 0. The zero-order valence-electron chi connectivity index (χ0n) is 6.89. The van der Waals surface area contributed by atoms with Crippen molar-refractivity contribution in [2.75, 3.05) is 13.2 Å². The van der Waals surface area contributed by atoms with Gasteiger partial charge in [0.2, 0.25) is 0 Å². The van der Waals surface area contributed by atoms with Gasteiger partial charge in [-0.3, -0.25) is 0 Å². The second-order valence-corrected chi connectivity index (χ2v) is 4.09. The van der Waals surface area contributed by atoms with E-state index < -0.39 is 0 Å². The van der Waals surface area contributed by atoms with Crippen LogP contribution in [-0.2, 0) is 10.3 Å². The maximum atomic E-state index is 6.02. The number of benzene rings is 1. The Morgan fingerprint density at radius 3 is 2.38 bits per heavy atom. The molecule has 0 atom stereocenters. The van der Waals surface area contributed by atoms with Crippen molar-refractivity contribution in [3.05, 3.63) is 33.8 Å². The molecule has 1 aromatic rings. The summed E-state index contributed by atoms with van der Waals surface area (Å²) < 4.78 is 5.06. The van der Waals surface area contributed by atoms with Gasteiger partial charge in [-0.2, -0.15) is 0 Å². The number of ether oxygens (including phenoxy) is 1. The standard InChI is InChI=1S/C9H9Cl2NO/c10-7-2-1-6(3-8(7)11)9(12)4-13-5-9/h1-3H,4-5,12H2. The highest BCUT2D eigenvalue weighted by molar-refractivity contribution is 6.42. The number of rotatable bonds is 1. The van der Waals surface area contributed by atoms with Crippen molar-refractivity contribution < 1.29 is 4.74 Å². The predicted molar refractivity (Wildman–Crippen MR) is 53.1 cm³/mol. The van der Waals surface area contributed by atoms with Crippen LogP contribution in [-0.4, -0.2) is 13.2 Å². The van der Waals surface area contributed by atoms with Crippen molar-refractivity contribution >= 4 is 23.2 Å². The predicted octanol–water partition coefficient (Wildman–Crippen LogP) is 2.18. The van der Waals surface area contributed by atoms with Gasteiger partial charge in [0, 0.05) is 0 Å². The zero-order valence-corrected chi connectivity index (χ0v) is 8.40. The third kappa shape index (κ3) is 1.55. The number of nitrogens with two attached hydrogens (primary N) is 1. The minimum Gasteiger partial charge on any atom is -0.377 e. The van der Waals surface area contributed by atoms with Gasteiger partial charge >= 0.3 is 0 Å². The average Bonchev–Trinajstić information content (AvgIpc) is 2.06. The van der Waals surface area contributed by atoms with Crippen molar-refractivity contribution in [3.8, 4) is 0 Å². The van der Waals surface area contributed by atoms with E-state index in [-0.39, 0.29) is 5.54 Å². The van der Waals surface area contributed by atoms with E-state index in [1.165, 1.54) is 0 Å². The lowest BCUT2D eigenvalue weighted by atomic mass is 9.89. The fraction of sp³-hybridized carbons (Fsp3) is 0.333. The summed E-state index contributed by atoms with van der Waals surface area (Å²) in [5.41, 5.74) is 6.63. The van der Waals surface area contributed by atoms with E-state index in [9.17, 15) is 0 Å². The van der Waals surface area contributed by atoms with E-state index in [1.54, 1.807) is 12.1 Å². The van der Waals surface area contributed by atoms with E-state index in [1.807, 2.05) is 6.07 Å². The first-order valence-electron chi connectivity index (χ1n) is 3.94. The van der Waals surface area contributed by atoms with E-state index in [2.05, 4.69) is 0 Å². The number of hydrogen-bond donors (Lipinski definition) is 1. The molecule has 0 saturated carbocycles. The molecule has 70 valence electrons. The maximum Gasteiger partial charge on any atom is 0.0884 e. The molecule has 0 spiro atoms. The molecule has 0 radical (unpaired) electrons. The Morgan fingerprint density at radius 2 is 1.92 bits per heavy atom. The van der Waals surface area contributed by atoms with E-state index in [0.29, 0.717) is 23.3 Å².